The van der Waals surface area contributed by atoms with Crippen molar-refractivity contribution in [2.75, 3.05) is 25.4 Å². The SMILES string of the molecule is CCC1CN(C(=O)c2ccc(C#CCO)c(F)c2)CCS1. The van der Waals surface area contributed by atoms with Crippen molar-refractivity contribution < 1.29 is 14.3 Å². The fourth-order valence-electron chi connectivity index (χ4n) is 2.22. The Morgan fingerprint density at radius 2 is 2.38 bits per heavy atom. The fraction of sp³-hybridized carbons (Fsp3) is 0.438. The monoisotopic (exact) mass is 307 g/mol. The molecule has 0 aromatic heterocycles. The quantitative estimate of drug-likeness (QED) is 0.851. The summed E-state index contributed by atoms with van der Waals surface area (Å²) in [6.07, 6.45) is 1.03. The molecule has 0 bridgehead atoms. The van der Waals surface area contributed by atoms with E-state index in [1.54, 1.807) is 11.0 Å². The number of nitrogens with zero attached hydrogens (tertiary/aromatic N) is 1. The van der Waals surface area contributed by atoms with Crippen molar-refractivity contribution in [2.45, 2.75) is 18.6 Å². The summed E-state index contributed by atoms with van der Waals surface area (Å²) in [6, 6.07) is 4.31. The molecule has 1 N–H and O–H groups in total. The van der Waals surface area contributed by atoms with E-state index in [4.69, 9.17) is 5.11 Å². The maximum atomic E-state index is 13.9. The predicted octanol–water partition coefficient (Wildman–Crippen LogP) is 2.14. The van der Waals surface area contributed by atoms with Gasteiger partial charge in [0.05, 0.1) is 5.56 Å². The number of carbonyl (C=O) groups excluding carboxylic acids is 1. The molecule has 5 heteroatoms. The minimum atomic E-state index is -0.528. The van der Waals surface area contributed by atoms with Gasteiger partial charge in [-0.2, -0.15) is 11.8 Å². The van der Waals surface area contributed by atoms with Gasteiger partial charge in [-0.05, 0) is 24.6 Å². The second-order valence-corrected chi connectivity index (χ2v) is 6.21. The van der Waals surface area contributed by atoms with Crippen molar-refractivity contribution in [3.63, 3.8) is 0 Å². The Kier molecular flexibility index (Phi) is 5.66. The molecule has 1 aromatic carbocycles. The fourth-order valence-corrected chi connectivity index (χ4v) is 3.40. The zero-order valence-electron chi connectivity index (χ0n) is 11.9. The first kappa shape index (κ1) is 15.9. The van der Waals surface area contributed by atoms with Gasteiger partial charge in [0.25, 0.3) is 5.91 Å². The van der Waals surface area contributed by atoms with E-state index in [1.165, 1.54) is 12.1 Å². The Balaban J connectivity index is 2.14. The minimum Gasteiger partial charge on any atom is -0.384 e. The zero-order valence-corrected chi connectivity index (χ0v) is 12.8. The number of amides is 1. The number of hydrogen-bond acceptors (Lipinski definition) is 3. The van der Waals surface area contributed by atoms with Crippen LogP contribution in [0.3, 0.4) is 0 Å². The number of thioether (sulfide) groups is 1. The lowest BCUT2D eigenvalue weighted by molar-refractivity contribution is 0.0760. The molecule has 1 saturated heterocycles. The molecule has 0 spiro atoms. The van der Waals surface area contributed by atoms with Crippen molar-refractivity contribution in [3.05, 3.63) is 35.1 Å². The van der Waals surface area contributed by atoms with Crippen LogP contribution in [0.4, 0.5) is 4.39 Å². The first-order valence-electron chi connectivity index (χ1n) is 6.95. The third kappa shape index (κ3) is 3.99. The summed E-state index contributed by atoms with van der Waals surface area (Å²) in [7, 11) is 0. The molecule has 3 nitrogen and oxygen atoms in total. The molecule has 1 heterocycles. The van der Waals surface area contributed by atoms with Gasteiger partial charge in [-0.3, -0.25) is 4.79 Å². The largest absolute Gasteiger partial charge is 0.384 e. The summed E-state index contributed by atoms with van der Waals surface area (Å²) in [5, 5.41) is 9.08. The van der Waals surface area contributed by atoms with E-state index >= 15 is 0 Å². The maximum absolute atomic E-state index is 13.9. The van der Waals surface area contributed by atoms with E-state index < -0.39 is 5.82 Å². The minimum absolute atomic E-state index is 0.130. The number of hydrogen-bond donors (Lipinski definition) is 1. The second kappa shape index (κ2) is 7.48. The molecular weight excluding hydrogens is 289 g/mol. The molecule has 2 rings (SSSR count). The van der Waals surface area contributed by atoms with Crippen LogP contribution in [0, 0.1) is 17.7 Å². The van der Waals surface area contributed by atoms with Crippen molar-refractivity contribution in [1.29, 1.82) is 0 Å². The Hall–Kier alpha value is -1.51. The number of benzene rings is 1. The molecule has 1 amide bonds. The number of aliphatic hydroxyl groups excluding tert-OH is 1. The summed E-state index contributed by atoms with van der Waals surface area (Å²) in [5.74, 6) is 5.19. The van der Waals surface area contributed by atoms with Gasteiger partial charge in [0.2, 0.25) is 0 Å². The van der Waals surface area contributed by atoms with Gasteiger partial charge in [0, 0.05) is 29.7 Å². The average Bonchev–Trinajstić information content (AvgIpc) is 2.53. The first-order valence-corrected chi connectivity index (χ1v) is 8.00. The average molecular weight is 307 g/mol. The van der Waals surface area contributed by atoms with E-state index in [2.05, 4.69) is 18.8 Å². The van der Waals surface area contributed by atoms with Crippen molar-refractivity contribution in [2.24, 2.45) is 0 Å². The lowest BCUT2D eigenvalue weighted by Gasteiger charge is -2.32. The van der Waals surface area contributed by atoms with Gasteiger partial charge in [0.1, 0.15) is 12.4 Å². The highest BCUT2D eigenvalue weighted by molar-refractivity contribution is 8.00. The van der Waals surface area contributed by atoms with Crippen molar-refractivity contribution >= 4 is 17.7 Å². The molecule has 0 saturated carbocycles. The van der Waals surface area contributed by atoms with E-state index in [0.717, 1.165) is 12.2 Å². The number of aliphatic hydroxyl groups is 1. The van der Waals surface area contributed by atoms with Crippen LogP contribution in [0.25, 0.3) is 0 Å². The van der Waals surface area contributed by atoms with Crippen LogP contribution >= 0.6 is 11.8 Å². The third-order valence-corrected chi connectivity index (χ3v) is 4.77. The van der Waals surface area contributed by atoms with Crippen LogP contribution in [-0.2, 0) is 0 Å². The van der Waals surface area contributed by atoms with Gasteiger partial charge in [-0.15, -0.1) is 0 Å². The summed E-state index contributed by atoms with van der Waals surface area (Å²) >= 11 is 1.88. The number of halogens is 1. The Bertz CT molecular complexity index is 579. The predicted molar refractivity (Wildman–Crippen MR) is 82.8 cm³/mol. The molecule has 112 valence electrons. The highest BCUT2D eigenvalue weighted by Gasteiger charge is 2.24. The van der Waals surface area contributed by atoms with Gasteiger partial charge in [-0.25, -0.2) is 4.39 Å². The maximum Gasteiger partial charge on any atom is 0.254 e. The van der Waals surface area contributed by atoms with Gasteiger partial charge >= 0.3 is 0 Å². The van der Waals surface area contributed by atoms with Crippen LogP contribution < -0.4 is 0 Å². The molecule has 0 aliphatic carbocycles. The Labute approximate surface area is 128 Å². The molecule has 0 radical (unpaired) electrons. The normalized spacial score (nSPS) is 18.0. The summed E-state index contributed by atoms with van der Waals surface area (Å²) in [5.41, 5.74) is 0.546. The van der Waals surface area contributed by atoms with Crippen molar-refractivity contribution in [1.82, 2.24) is 4.90 Å². The van der Waals surface area contributed by atoms with Crippen LogP contribution in [-0.4, -0.2) is 46.6 Å². The first-order chi connectivity index (χ1) is 10.2. The standard InChI is InChI=1S/C16H18FNO2S/c1-2-14-11-18(7-9-21-14)16(20)13-6-5-12(4-3-8-19)15(17)10-13/h5-6,10,14,19H,2,7-9,11H2,1H3. The smallest absolute Gasteiger partial charge is 0.254 e. The van der Waals surface area contributed by atoms with Gasteiger partial charge in [-0.1, -0.05) is 18.8 Å². The van der Waals surface area contributed by atoms with Crippen LogP contribution in [0.15, 0.2) is 18.2 Å². The van der Waals surface area contributed by atoms with E-state index in [-0.39, 0.29) is 18.1 Å². The topological polar surface area (TPSA) is 40.5 Å². The van der Waals surface area contributed by atoms with Gasteiger partial charge in [0.15, 0.2) is 0 Å². The molecule has 1 fully saturated rings. The van der Waals surface area contributed by atoms with E-state index in [9.17, 15) is 9.18 Å². The molecule has 1 aromatic rings. The highest BCUT2D eigenvalue weighted by atomic mass is 32.2. The molecule has 1 aliphatic rings. The van der Waals surface area contributed by atoms with Crippen LogP contribution in [0.1, 0.15) is 29.3 Å². The third-order valence-electron chi connectivity index (χ3n) is 3.40. The van der Waals surface area contributed by atoms with Gasteiger partial charge < -0.3 is 10.0 Å². The van der Waals surface area contributed by atoms with Crippen LogP contribution in [0.5, 0.6) is 0 Å². The summed E-state index contributed by atoms with van der Waals surface area (Å²) in [6.45, 7) is 3.21. The van der Waals surface area contributed by atoms with Crippen molar-refractivity contribution in [3.8, 4) is 11.8 Å². The highest BCUT2D eigenvalue weighted by Crippen LogP contribution is 2.22. The molecule has 21 heavy (non-hydrogen) atoms. The lowest BCUT2D eigenvalue weighted by Crippen LogP contribution is -2.41. The number of carbonyl (C=O) groups is 1. The Morgan fingerprint density at radius 1 is 1.57 bits per heavy atom. The van der Waals surface area contributed by atoms with Crippen LogP contribution in [0.2, 0.25) is 0 Å². The molecule has 1 atom stereocenters. The Morgan fingerprint density at radius 3 is 3.05 bits per heavy atom. The molecular formula is C16H18FNO2S. The molecule has 1 aliphatic heterocycles. The number of rotatable bonds is 2. The van der Waals surface area contributed by atoms with E-state index in [0.29, 0.717) is 23.9 Å². The second-order valence-electron chi connectivity index (χ2n) is 4.81. The zero-order chi connectivity index (χ0) is 15.2. The molecule has 1 unspecified atom stereocenters. The summed E-state index contributed by atoms with van der Waals surface area (Å²) < 4.78 is 13.9. The summed E-state index contributed by atoms with van der Waals surface area (Å²) in [4.78, 5) is 14.2. The van der Waals surface area contributed by atoms with E-state index in [1.807, 2.05) is 11.8 Å². The lowest BCUT2D eigenvalue weighted by atomic mass is 10.1.